The first-order chi connectivity index (χ1) is 10.6. The minimum absolute atomic E-state index is 0.218. The van der Waals surface area contributed by atoms with Gasteiger partial charge < -0.3 is 10.6 Å². The van der Waals surface area contributed by atoms with Gasteiger partial charge >= 0.3 is 0 Å². The number of hydrogen-bond acceptors (Lipinski definition) is 2. The van der Waals surface area contributed by atoms with E-state index in [-0.39, 0.29) is 11.8 Å². The van der Waals surface area contributed by atoms with Crippen molar-refractivity contribution in [3.05, 3.63) is 70.2 Å². The summed E-state index contributed by atoms with van der Waals surface area (Å²) in [6.45, 7) is 0. The monoisotopic (exact) mass is 360 g/mol. The minimum atomic E-state index is -0.619. The smallest absolute Gasteiger partial charge is 0.251 e. The molecule has 5 heteroatoms. The van der Waals surface area contributed by atoms with Crippen LogP contribution < -0.4 is 10.6 Å². The lowest BCUT2D eigenvalue weighted by atomic mass is 10.0. The third kappa shape index (κ3) is 4.43. The van der Waals surface area contributed by atoms with Crippen LogP contribution in [0.2, 0.25) is 0 Å². The number of likely N-dealkylation sites (N-methyl/N-ethyl adjacent to an activating group) is 1. The Morgan fingerprint density at radius 2 is 1.82 bits per heavy atom. The Morgan fingerprint density at radius 1 is 1.09 bits per heavy atom. The molecule has 0 aliphatic carbocycles. The van der Waals surface area contributed by atoms with Gasteiger partial charge in [-0.1, -0.05) is 46.3 Å². The third-order valence-electron chi connectivity index (χ3n) is 3.23. The van der Waals surface area contributed by atoms with Crippen LogP contribution in [0, 0.1) is 0 Å². The molecule has 0 heterocycles. The van der Waals surface area contributed by atoms with Crippen LogP contribution in [0.5, 0.6) is 0 Å². The van der Waals surface area contributed by atoms with Crippen LogP contribution in [0.1, 0.15) is 15.9 Å². The highest BCUT2D eigenvalue weighted by Crippen LogP contribution is 2.13. The van der Waals surface area contributed by atoms with Crippen molar-refractivity contribution in [3.8, 4) is 0 Å². The molecule has 2 amide bonds. The van der Waals surface area contributed by atoms with Gasteiger partial charge in [0.05, 0.1) is 0 Å². The van der Waals surface area contributed by atoms with Crippen LogP contribution in [0.3, 0.4) is 0 Å². The van der Waals surface area contributed by atoms with Crippen molar-refractivity contribution in [2.24, 2.45) is 0 Å². The molecule has 2 rings (SSSR count). The molecule has 0 spiro atoms. The topological polar surface area (TPSA) is 58.2 Å². The normalized spacial score (nSPS) is 11.5. The van der Waals surface area contributed by atoms with Crippen molar-refractivity contribution in [2.75, 3.05) is 7.05 Å². The van der Waals surface area contributed by atoms with Gasteiger partial charge in [0.15, 0.2) is 0 Å². The summed E-state index contributed by atoms with van der Waals surface area (Å²) in [5.74, 6) is -0.478. The van der Waals surface area contributed by atoms with Crippen molar-refractivity contribution in [1.29, 1.82) is 0 Å². The first kappa shape index (κ1) is 16.2. The lowest BCUT2D eigenvalue weighted by Gasteiger charge is -2.17. The zero-order valence-electron chi connectivity index (χ0n) is 12.2. The SMILES string of the molecule is CNC(=O)C(Cc1cccc(Br)c1)NC(=O)c1ccccc1. The Bertz CT molecular complexity index is 659. The molecule has 0 bridgehead atoms. The average Bonchev–Trinajstić information content (AvgIpc) is 2.54. The van der Waals surface area contributed by atoms with Gasteiger partial charge in [-0.2, -0.15) is 0 Å². The van der Waals surface area contributed by atoms with Crippen molar-refractivity contribution in [2.45, 2.75) is 12.5 Å². The number of amides is 2. The highest BCUT2D eigenvalue weighted by atomic mass is 79.9. The van der Waals surface area contributed by atoms with E-state index in [1.54, 1.807) is 31.3 Å². The maximum Gasteiger partial charge on any atom is 0.251 e. The lowest BCUT2D eigenvalue weighted by Crippen LogP contribution is -2.47. The lowest BCUT2D eigenvalue weighted by molar-refractivity contribution is -0.122. The molecule has 0 aliphatic heterocycles. The van der Waals surface area contributed by atoms with Crippen LogP contribution >= 0.6 is 15.9 Å². The quantitative estimate of drug-likeness (QED) is 0.860. The zero-order chi connectivity index (χ0) is 15.9. The summed E-state index contributed by atoms with van der Waals surface area (Å²) in [6, 6.07) is 15.9. The number of halogens is 1. The molecule has 0 saturated heterocycles. The molecule has 4 nitrogen and oxygen atoms in total. The van der Waals surface area contributed by atoms with E-state index in [1.165, 1.54) is 0 Å². The molecule has 0 aromatic heterocycles. The average molecular weight is 361 g/mol. The number of carbonyl (C=O) groups excluding carboxylic acids is 2. The summed E-state index contributed by atoms with van der Waals surface area (Å²) in [5, 5.41) is 5.38. The van der Waals surface area contributed by atoms with Crippen molar-refractivity contribution >= 4 is 27.7 Å². The first-order valence-corrected chi connectivity index (χ1v) is 7.71. The van der Waals surface area contributed by atoms with Gasteiger partial charge in [-0.15, -0.1) is 0 Å². The fourth-order valence-electron chi connectivity index (χ4n) is 2.11. The van der Waals surface area contributed by atoms with Crippen LogP contribution in [-0.2, 0) is 11.2 Å². The Morgan fingerprint density at radius 3 is 2.45 bits per heavy atom. The summed E-state index contributed by atoms with van der Waals surface area (Å²) in [5.41, 5.74) is 1.50. The number of benzene rings is 2. The second-order valence-corrected chi connectivity index (χ2v) is 5.76. The van der Waals surface area contributed by atoms with E-state index in [0.717, 1.165) is 10.0 Å². The highest BCUT2D eigenvalue weighted by Gasteiger charge is 2.20. The zero-order valence-corrected chi connectivity index (χ0v) is 13.8. The molecule has 1 atom stereocenters. The van der Waals surface area contributed by atoms with Crippen LogP contribution in [-0.4, -0.2) is 24.9 Å². The molecule has 2 aromatic rings. The number of carbonyl (C=O) groups is 2. The summed E-state index contributed by atoms with van der Waals surface area (Å²) >= 11 is 3.41. The number of rotatable bonds is 5. The Labute approximate surface area is 138 Å². The highest BCUT2D eigenvalue weighted by molar-refractivity contribution is 9.10. The summed E-state index contributed by atoms with van der Waals surface area (Å²) in [4.78, 5) is 24.3. The van der Waals surface area contributed by atoms with E-state index in [4.69, 9.17) is 0 Å². The molecule has 114 valence electrons. The molecular formula is C17H17BrN2O2. The van der Waals surface area contributed by atoms with Gasteiger partial charge in [-0.05, 0) is 29.8 Å². The Balaban J connectivity index is 2.13. The molecule has 22 heavy (non-hydrogen) atoms. The summed E-state index contributed by atoms with van der Waals surface area (Å²) in [7, 11) is 1.56. The van der Waals surface area contributed by atoms with E-state index in [9.17, 15) is 9.59 Å². The van der Waals surface area contributed by atoms with E-state index < -0.39 is 6.04 Å². The van der Waals surface area contributed by atoms with Gasteiger partial charge in [0.25, 0.3) is 5.91 Å². The first-order valence-electron chi connectivity index (χ1n) is 6.92. The Kier molecular flexibility index (Phi) is 5.72. The van der Waals surface area contributed by atoms with Crippen molar-refractivity contribution in [1.82, 2.24) is 10.6 Å². The number of nitrogens with one attached hydrogen (secondary N) is 2. The molecule has 1 unspecified atom stereocenters. The predicted octanol–water partition coefficient (Wildman–Crippen LogP) is 2.54. The van der Waals surface area contributed by atoms with Gasteiger partial charge in [0.1, 0.15) is 6.04 Å². The fraction of sp³-hybridized carbons (Fsp3) is 0.176. The summed E-state index contributed by atoms with van der Waals surface area (Å²) in [6.07, 6.45) is 0.428. The fourth-order valence-corrected chi connectivity index (χ4v) is 2.56. The predicted molar refractivity (Wildman–Crippen MR) is 89.6 cm³/mol. The van der Waals surface area contributed by atoms with Crippen LogP contribution in [0.4, 0.5) is 0 Å². The van der Waals surface area contributed by atoms with E-state index in [0.29, 0.717) is 12.0 Å². The van der Waals surface area contributed by atoms with Gasteiger partial charge in [-0.25, -0.2) is 0 Å². The molecule has 0 aliphatic rings. The molecule has 0 fully saturated rings. The summed E-state index contributed by atoms with van der Waals surface area (Å²) < 4.78 is 0.940. The minimum Gasteiger partial charge on any atom is -0.357 e. The molecule has 2 aromatic carbocycles. The van der Waals surface area contributed by atoms with Crippen molar-refractivity contribution in [3.63, 3.8) is 0 Å². The van der Waals surface area contributed by atoms with Gasteiger partial charge in [-0.3, -0.25) is 9.59 Å². The molecule has 0 radical (unpaired) electrons. The second kappa shape index (κ2) is 7.75. The van der Waals surface area contributed by atoms with Crippen molar-refractivity contribution < 1.29 is 9.59 Å². The standard InChI is InChI=1S/C17H17BrN2O2/c1-19-17(22)15(11-12-6-5-9-14(18)10-12)20-16(21)13-7-3-2-4-8-13/h2-10,15H,11H2,1H3,(H,19,22)(H,20,21). The molecule has 2 N–H and O–H groups in total. The van der Waals surface area contributed by atoms with Gasteiger partial charge in [0.2, 0.25) is 5.91 Å². The van der Waals surface area contributed by atoms with Crippen LogP contribution in [0.25, 0.3) is 0 Å². The van der Waals surface area contributed by atoms with E-state index in [2.05, 4.69) is 26.6 Å². The maximum absolute atomic E-state index is 12.2. The van der Waals surface area contributed by atoms with Gasteiger partial charge in [0, 0.05) is 23.5 Å². The van der Waals surface area contributed by atoms with E-state index in [1.807, 2.05) is 30.3 Å². The van der Waals surface area contributed by atoms with E-state index >= 15 is 0 Å². The number of hydrogen-bond donors (Lipinski definition) is 2. The molecular weight excluding hydrogens is 344 g/mol. The molecule has 0 saturated carbocycles. The van der Waals surface area contributed by atoms with Crippen LogP contribution in [0.15, 0.2) is 59.1 Å². The Hall–Kier alpha value is -2.14. The largest absolute Gasteiger partial charge is 0.357 e. The third-order valence-corrected chi connectivity index (χ3v) is 3.73. The maximum atomic E-state index is 12.2. The second-order valence-electron chi connectivity index (χ2n) is 4.84.